The number of rotatable bonds is 3. The van der Waals surface area contributed by atoms with Crippen molar-refractivity contribution in [2.24, 2.45) is 0 Å². The first-order chi connectivity index (χ1) is 8.13. The summed E-state index contributed by atoms with van der Waals surface area (Å²) in [7, 11) is 0. The molecular weight excluding hydrogens is 221 g/mol. The number of halogens is 1. The number of carbonyl (C=O) groups is 1. The molecule has 3 nitrogen and oxygen atoms in total. The number of carbonyl (C=O) groups excluding carboxylic acids is 1. The molecule has 1 atom stereocenters. The summed E-state index contributed by atoms with van der Waals surface area (Å²) in [5.74, 6) is -0.531. The Morgan fingerprint density at radius 2 is 2.35 bits per heavy atom. The van der Waals surface area contributed by atoms with E-state index in [9.17, 15) is 9.18 Å². The highest BCUT2D eigenvalue weighted by atomic mass is 19.1. The standard InChI is InChI=1S/C13H16FNO2/c1-3-17-13(16)9(2)15-7-6-10-4-5-11(14)8-12(10)15/h4-5,8-9H,3,6-7H2,1-2H3. The van der Waals surface area contributed by atoms with Crippen molar-refractivity contribution in [2.75, 3.05) is 18.1 Å². The van der Waals surface area contributed by atoms with Crippen molar-refractivity contribution < 1.29 is 13.9 Å². The molecule has 92 valence electrons. The van der Waals surface area contributed by atoms with Crippen LogP contribution >= 0.6 is 0 Å². The molecule has 1 aliphatic rings. The highest BCUT2D eigenvalue weighted by Crippen LogP contribution is 2.30. The van der Waals surface area contributed by atoms with Gasteiger partial charge in [-0.1, -0.05) is 6.07 Å². The van der Waals surface area contributed by atoms with Gasteiger partial charge in [-0.2, -0.15) is 0 Å². The number of ether oxygens (including phenoxy) is 1. The third-order valence-corrected chi connectivity index (χ3v) is 3.07. The quantitative estimate of drug-likeness (QED) is 0.754. The number of nitrogens with zero attached hydrogens (tertiary/aromatic N) is 1. The third kappa shape index (κ3) is 2.25. The summed E-state index contributed by atoms with van der Waals surface area (Å²) in [5.41, 5.74) is 1.90. The van der Waals surface area contributed by atoms with Gasteiger partial charge in [0.1, 0.15) is 11.9 Å². The maximum Gasteiger partial charge on any atom is 0.328 e. The minimum absolute atomic E-state index is 0.260. The fourth-order valence-corrected chi connectivity index (χ4v) is 2.17. The van der Waals surface area contributed by atoms with Crippen molar-refractivity contribution in [2.45, 2.75) is 26.3 Å². The lowest BCUT2D eigenvalue weighted by molar-refractivity contribution is -0.144. The maximum atomic E-state index is 13.2. The fourth-order valence-electron chi connectivity index (χ4n) is 2.17. The van der Waals surface area contributed by atoms with Gasteiger partial charge in [0.15, 0.2) is 0 Å². The molecule has 0 aromatic heterocycles. The van der Waals surface area contributed by atoms with E-state index >= 15 is 0 Å². The number of benzene rings is 1. The van der Waals surface area contributed by atoms with Crippen molar-refractivity contribution in [1.29, 1.82) is 0 Å². The van der Waals surface area contributed by atoms with Gasteiger partial charge in [0.25, 0.3) is 0 Å². The van der Waals surface area contributed by atoms with Crippen LogP contribution in [0.15, 0.2) is 18.2 Å². The van der Waals surface area contributed by atoms with Gasteiger partial charge in [-0.05, 0) is 38.0 Å². The molecule has 17 heavy (non-hydrogen) atoms. The summed E-state index contributed by atoms with van der Waals surface area (Å²) >= 11 is 0. The first-order valence-corrected chi connectivity index (χ1v) is 5.85. The van der Waals surface area contributed by atoms with Crippen molar-refractivity contribution >= 4 is 11.7 Å². The first kappa shape index (κ1) is 11.9. The van der Waals surface area contributed by atoms with Crippen LogP contribution in [0.3, 0.4) is 0 Å². The average Bonchev–Trinajstić information content (AvgIpc) is 2.71. The van der Waals surface area contributed by atoms with Gasteiger partial charge >= 0.3 is 5.97 Å². The largest absolute Gasteiger partial charge is 0.464 e. The van der Waals surface area contributed by atoms with E-state index in [4.69, 9.17) is 4.74 Å². The lowest BCUT2D eigenvalue weighted by Gasteiger charge is -2.25. The Balaban J connectivity index is 2.21. The Labute approximate surface area is 100 Å². The highest BCUT2D eigenvalue weighted by molar-refractivity contribution is 5.81. The van der Waals surface area contributed by atoms with Crippen LogP contribution in [0.25, 0.3) is 0 Å². The lowest BCUT2D eigenvalue weighted by Crippen LogP contribution is -2.39. The molecule has 0 spiro atoms. The number of fused-ring (bicyclic) bond motifs is 1. The van der Waals surface area contributed by atoms with Crippen molar-refractivity contribution in [1.82, 2.24) is 0 Å². The molecule has 0 saturated heterocycles. The summed E-state index contributed by atoms with van der Waals surface area (Å²) in [5, 5.41) is 0. The molecule has 0 N–H and O–H groups in total. The molecule has 0 aliphatic carbocycles. The zero-order valence-electron chi connectivity index (χ0n) is 10.1. The van der Waals surface area contributed by atoms with E-state index in [1.807, 2.05) is 4.90 Å². The smallest absolute Gasteiger partial charge is 0.328 e. The number of anilines is 1. The van der Waals surface area contributed by atoms with Gasteiger partial charge in [0.2, 0.25) is 0 Å². The van der Waals surface area contributed by atoms with E-state index in [-0.39, 0.29) is 17.8 Å². The molecule has 0 fully saturated rings. The highest BCUT2D eigenvalue weighted by Gasteiger charge is 2.28. The third-order valence-electron chi connectivity index (χ3n) is 3.07. The first-order valence-electron chi connectivity index (χ1n) is 5.85. The van der Waals surface area contributed by atoms with Crippen LogP contribution in [-0.4, -0.2) is 25.2 Å². The van der Waals surface area contributed by atoms with Gasteiger partial charge in [-0.15, -0.1) is 0 Å². The van der Waals surface area contributed by atoms with Crippen molar-refractivity contribution in [3.8, 4) is 0 Å². The second kappa shape index (κ2) is 4.73. The number of hydrogen-bond acceptors (Lipinski definition) is 3. The molecule has 0 saturated carbocycles. The number of hydrogen-bond donors (Lipinski definition) is 0. The van der Waals surface area contributed by atoms with E-state index in [2.05, 4.69) is 0 Å². The predicted octanol–water partition coefficient (Wildman–Crippen LogP) is 2.14. The van der Waals surface area contributed by atoms with Crippen LogP contribution in [0.2, 0.25) is 0 Å². The summed E-state index contributed by atoms with van der Waals surface area (Å²) in [6.07, 6.45) is 0.847. The molecule has 4 heteroatoms. The summed E-state index contributed by atoms with van der Waals surface area (Å²) < 4.78 is 18.2. The Morgan fingerprint density at radius 3 is 3.06 bits per heavy atom. The summed E-state index contributed by atoms with van der Waals surface area (Å²) in [4.78, 5) is 13.6. The lowest BCUT2D eigenvalue weighted by atomic mass is 10.1. The minimum Gasteiger partial charge on any atom is -0.464 e. The second-order valence-corrected chi connectivity index (χ2v) is 4.14. The minimum atomic E-state index is -0.363. The van der Waals surface area contributed by atoms with Gasteiger partial charge in [-0.3, -0.25) is 0 Å². The Hall–Kier alpha value is -1.58. The zero-order chi connectivity index (χ0) is 12.4. The zero-order valence-corrected chi connectivity index (χ0v) is 10.1. The molecule has 1 aromatic carbocycles. The van der Waals surface area contributed by atoms with Crippen LogP contribution in [0, 0.1) is 5.82 Å². The van der Waals surface area contributed by atoms with Gasteiger partial charge in [0, 0.05) is 12.2 Å². The summed E-state index contributed by atoms with van der Waals surface area (Å²) in [6, 6.07) is 4.36. The van der Waals surface area contributed by atoms with Crippen molar-refractivity contribution in [3.63, 3.8) is 0 Å². The van der Waals surface area contributed by atoms with Crippen LogP contribution in [0.5, 0.6) is 0 Å². The molecule has 1 aromatic rings. The van der Waals surface area contributed by atoms with E-state index in [1.165, 1.54) is 12.1 Å². The van der Waals surface area contributed by atoms with Crippen LogP contribution in [-0.2, 0) is 16.0 Å². The van der Waals surface area contributed by atoms with Crippen LogP contribution in [0.1, 0.15) is 19.4 Å². The molecule has 1 heterocycles. The average molecular weight is 237 g/mol. The van der Waals surface area contributed by atoms with Gasteiger partial charge in [-0.25, -0.2) is 9.18 Å². The molecular formula is C13H16FNO2. The molecule has 0 radical (unpaired) electrons. The molecule has 1 unspecified atom stereocenters. The van der Waals surface area contributed by atoms with Crippen molar-refractivity contribution in [3.05, 3.63) is 29.6 Å². The Morgan fingerprint density at radius 1 is 1.59 bits per heavy atom. The van der Waals surface area contributed by atoms with Gasteiger partial charge < -0.3 is 9.64 Å². The van der Waals surface area contributed by atoms with Gasteiger partial charge in [0.05, 0.1) is 6.61 Å². The normalized spacial score (nSPS) is 15.6. The van der Waals surface area contributed by atoms with E-state index in [0.29, 0.717) is 6.61 Å². The number of esters is 1. The predicted molar refractivity (Wildman–Crippen MR) is 63.5 cm³/mol. The monoisotopic (exact) mass is 237 g/mol. The molecule has 2 rings (SSSR count). The Kier molecular flexibility index (Phi) is 3.31. The molecule has 0 bridgehead atoms. The molecule has 0 amide bonds. The maximum absolute atomic E-state index is 13.2. The van der Waals surface area contributed by atoms with E-state index in [1.54, 1.807) is 19.9 Å². The topological polar surface area (TPSA) is 29.5 Å². The van der Waals surface area contributed by atoms with Crippen LogP contribution in [0.4, 0.5) is 10.1 Å². The van der Waals surface area contributed by atoms with E-state index < -0.39 is 0 Å². The second-order valence-electron chi connectivity index (χ2n) is 4.14. The fraction of sp³-hybridized carbons (Fsp3) is 0.462. The Bertz CT molecular complexity index is 433. The van der Waals surface area contributed by atoms with E-state index in [0.717, 1.165) is 24.2 Å². The van der Waals surface area contributed by atoms with Crippen LogP contribution < -0.4 is 4.90 Å². The molecule has 1 aliphatic heterocycles. The summed E-state index contributed by atoms with van der Waals surface area (Å²) in [6.45, 7) is 4.67. The SMILES string of the molecule is CCOC(=O)C(C)N1CCc2ccc(F)cc21.